The number of aryl methyl sites for hydroxylation is 2. The van der Waals surface area contributed by atoms with E-state index in [-0.39, 0.29) is 5.82 Å². The Kier molecular flexibility index (Phi) is 3.69. The minimum atomic E-state index is -0.133. The van der Waals surface area contributed by atoms with Crippen LogP contribution in [0.4, 0.5) is 4.39 Å². The van der Waals surface area contributed by atoms with E-state index >= 15 is 0 Å². The number of fused-ring (bicyclic) bond motifs is 1. The highest BCUT2D eigenvalue weighted by atomic mass is 19.1. The molecule has 2 heteroatoms. The maximum Gasteiger partial charge on any atom is 0.129 e. The Hall–Kier alpha value is -2.22. The molecule has 0 radical (unpaired) electrons. The van der Waals surface area contributed by atoms with Crippen LogP contribution in [0.5, 0.6) is 0 Å². The number of pyridine rings is 1. The number of rotatable bonds is 2. The third-order valence-electron chi connectivity index (χ3n) is 4.17. The second-order valence-corrected chi connectivity index (χ2v) is 6.22. The molecule has 112 valence electrons. The second kappa shape index (κ2) is 5.53. The lowest BCUT2D eigenvalue weighted by atomic mass is 9.95. The predicted molar refractivity (Wildman–Crippen MR) is 90.7 cm³/mol. The highest BCUT2D eigenvalue weighted by Crippen LogP contribution is 2.31. The van der Waals surface area contributed by atoms with Crippen molar-refractivity contribution in [2.75, 3.05) is 0 Å². The average Bonchev–Trinajstić information content (AvgIpc) is 2.51. The van der Waals surface area contributed by atoms with Crippen LogP contribution < -0.4 is 0 Å². The van der Waals surface area contributed by atoms with Crippen molar-refractivity contribution in [3.8, 4) is 11.3 Å². The summed E-state index contributed by atoms with van der Waals surface area (Å²) in [5.41, 5.74) is 4.51. The van der Waals surface area contributed by atoms with Crippen molar-refractivity contribution >= 4 is 10.8 Å². The van der Waals surface area contributed by atoms with Crippen molar-refractivity contribution in [1.29, 1.82) is 0 Å². The Morgan fingerprint density at radius 2 is 1.64 bits per heavy atom. The fraction of sp³-hybridized carbons (Fsp3) is 0.250. The maximum atomic E-state index is 13.9. The molecular weight excluding hydrogens is 273 g/mol. The lowest BCUT2D eigenvalue weighted by Crippen LogP contribution is -1.94. The van der Waals surface area contributed by atoms with Crippen LogP contribution in [0.2, 0.25) is 0 Å². The van der Waals surface area contributed by atoms with E-state index in [2.05, 4.69) is 37.0 Å². The standard InChI is InChI=1S/C20H20FN/c1-12(2)16-6-5-15-7-8-22-20(18(15)11-16)17-9-13(3)19(21)14(4)10-17/h5-12H,1-4H3. The van der Waals surface area contributed by atoms with Crippen molar-refractivity contribution in [2.45, 2.75) is 33.6 Å². The van der Waals surface area contributed by atoms with E-state index < -0.39 is 0 Å². The first kappa shape index (κ1) is 14.7. The first-order chi connectivity index (χ1) is 10.5. The van der Waals surface area contributed by atoms with Gasteiger partial charge in [-0.1, -0.05) is 26.0 Å². The number of aromatic nitrogens is 1. The Balaban J connectivity index is 2.28. The van der Waals surface area contributed by atoms with E-state index in [0.717, 1.165) is 22.0 Å². The van der Waals surface area contributed by atoms with Crippen molar-refractivity contribution in [3.05, 3.63) is 65.1 Å². The largest absolute Gasteiger partial charge is 0.256 e. The molecule has 1 aromatic heterocycles. The minimum Gasteiger partial charge on any atom is -0.256 e. The van der Waals surface area contributed by atoms with Gasteiger partial charge in [-0.15, -0.1) is 0 Å². The molecule has 2 aromatic carbocycles. The summed E-state index contributed by atoms with van der Waals surface area (Å²) in [4.78, 5) is 4.57. The zero-order valence-corrected chi connectivity index (χ0v) is 13.4. The number of hydrogen-bond acceptors (Lipinski definition) is 1. The molecule has 0 spiro atoms. The Morgan fingerprint density at radius 1 is 0.955 bits per heavy atom. The first-order valence-corrected chi connectivity index (χ1v) is 7.63. The number of nitrogens with zero attached hydrogens (tertiary/aromatic N) is 1. The molecule has 1 nitrogen and oxygen atoms in total. The van der Waals surface area contributed by atoms with Crippen molar-refractivity contribution < 1.29 is 4.39 Å². The monoisotopic (exact) mass is 293 g/mol. The van der Waals surface area contributed by atoms with E-state index in [1.807, 2.05) is 24.4 Å². The fourth-order valence-electron chi connectivity index (χ4n) is 2.86. The molecule has 22 heavy (non-hydrogen) atoms. The summed E-state index contributed by atoms with van der Waals surface area (Å²) in [6, 6.07) is 12.3. The minimum absolute atomic E-state index is 0.133. The summed E-state index contributed by atoms with van der Waals surface area (Å²) in [6.45, 7) is 7.97. The van der Waals surface area contributed by atoms with E-state index in [0.29, 0.717) is 17.0 Å². The summed E-state index contributed by atoms with van der Waals surface area (Å²) < 4.78 is 13.9. The Labute approximate surface area is 130 Å². The molecular formula is C20H20FN. The molecule has 0 N–H and O–H groups in total. The van der Waals surface area contributed by atoms with Crippen LogP contribution in [-0.4, -0.2) is 4.98 Å². The summed E-state index contributed by atoms with van der Waals surface area (Å²) in [7, 11) is 0. The van der Waals surface area contributed by atoms with Crippen LogP contribution in [-0.2, 0) is 0 Å². The van der Waals surface area contributed by atoms with Crippen LogP contribution >= 0.6 is 0 Å². The average molecular weight is 293 g/mol. The first-order valence-electron chi connectivity index (χ1n) is 7.63. The fourth-order valence-corrected chi connectivity index (χ4v) is 2.86. The molecule has 0 aliphatic carbocycles. The molecule has 0 unspecified atom stereocenters. The molecule has 0 fully saturated rings. The Bertz CT molecular complexity index is 826. The quantitative estimate of drug-likeness (QED) is 0.583. The van der Waals surface area contributed by atoms with Gasteiger partial charge in [-0.05, 0) is 66.1 Å². The third-order valence-corrected chi connectivity index (χ3v) is 4.17. The van der Waals surface area contributed by atoms with E-state index in [1.165, 1.54) is 5.56 Å². The predicted octanol–water partition coefficient (Wildman–Crippen LogP) is 5.78. The second-order valence-electron chi connectivity index (χ2n) is 6.22. The summed E-state index contributed by atoms with van der Waals surface area (Å²) in [6.07, 6.45) is 1.82. The van der Waals surface area contributed by atoms with Gasteiger partial charge >= 0.3 is 0 Å². The van der Waals surface area contributed by atoms with Gasteiger partial charge in [-0.2, -0.15) is 0 Å². The van der Waals surface area contributed by atoms with Gasteiger partial charge < -0.3 is 0 Å². The van der Waals surface area contributed by atoms with E-state index in [4.69, 9.17) is 0 Å². The maximum absolute atomic E-state index is 13.9. The normalized spacial score (nSPS) is 11.4. The molecule has 0 aliphatic rings. The molecule has 3 rings (SSSR count). The topological polar surface area (TPSA) is 12.9 Å². The van der Waals surface area contributed by atoms with Gasteiger partial charge in [-0.25, -0.2) is 4.39 Å². The van der Waals surface area contributed by atoms with E-state index in [9.17, 15) is 4.39 Å². The van der Waals surface area contributed by atoms with Crippen molar-refractivity contribution in [2.24, 2.45) is 0 Å². The molecule has 0 amide bonds. The van der Waals surface area contributed by atoms with Gasteiger partial charge in [0.1, 0.15) is 5.82 Å². The van der Waals surface area contributed by atoms with Crippen LogP contribution in [0.1, 0.15) is 36.5 Å². The number of benzene rings is 2. The lowest BCUT2D eigenvalue weighted by molar-refractivity contribution is 0.609. The molecule has 0 atom stereocenters. The van der Waals surface area contributed by atoms with E-state index in [1.54, 1.807) is 13.8 Å². The molecule has 0 bridgehead atoms. The molecule has 3 aromatic rings. The zero-order valence-electron chi connectivity index (χ0n) is 13.4. The van der Waals surface area contributed by atoms with Gasteiger partial charge in [0.15, 0.2) is 0 Å². The Morgan fingerprint density at radius 3 is 2.27 bits per heavy atom. The smallest absolute Gasteiger partial charge is 0.129 e. The van der Waals surface area contributed by atoms with Crippen molar-refractivity contribution in [3.63, 3.8) is 0 Å². The highest BCUT2D eigenvalue weighted by molar-refractivity contribution is 5.95. The number of halogens is 1. The van der Waals surface area contributed by atoms with Gasteiger partial charge in [0.25, 0.3) is 0 Å². The molecule has 0 aliphatic heterocycles. The van der Waals surface area contributed by atoms with Gasteiger partial charge in [0.2, 0.25) is 0 Å². The van der Waals surface area contributed by atoms with Crippen molar-refractivity contribution in [1.82, 2.24) is 4.98 Å². The van der Waals surface area contributed by atoms with Crippen LogP contribution in [0.25, 0.3) is 22.0 Å². The zero-order chi connectivity index (χ0) is 15.9. The molecule has 0 saturated carbocycles. The highest BCUT2D eigenvalue weighted by Gasteiger charge is 2.11. The van der Waals surface area contributed by atoms with Gasteiger partial charge in [0, 0.05) is 17.1 Å². The SMILES string of the molecule is Cc1cc(-c2nccc3ccc(C(C)C)cc23)cc(C)c1F. The summed E-state index contributed by atoms with van der Waals surface area (Å²) >= 11 is 0. The third kappa shape index (κ3) is 2.50. The summed E-state index contributed by atoms with van der Waals surface area (Å²) in [5.74, 6) is 0.334. The lowest BCUT2D eigenvalue weighted by Gasteiger charge is -2.12. The van der Waals surface area contributed by atoms with Crippen LogP contribution in [0.15, 0.2) is 42.6 Å². The molecule has 0 saturated heterocycles. The molecule has 1 heterocycles. The number of hydrogen-bond donors (Lipinski definition) is 0. The van der Waals surface area contributed by atoms with Crippen LogP contribution in [0, 0.1) is 19.7 Å². The summed E-state index contributed by atoms with van der Waals surface area (Å²) in [5, 5.41) is 2.29. The van der Waals surface area contributed by atoms with Gasteiger partial charge in [0.05, 0.1) is 5.69 Å². The van der Waals surface area contributed by atoms with Crippen LogP contribution in [0.3, 0.4) is 0 Å². The van der Waals surface area contributed by atoms with Gasteiger partial charge in [-0.3, -0.25) is 4.98 Å².